The van der Waals surface area contributed by atoms with Crippen LogP contribution >= 0.6 is 0 Å². The molecule has 0 spiro atoms. The van der Waals surface area contributed by atoms with Crippen molar-refractivity contribution in [3.63, 3.8) is 0 Å². The van der Waals surface area contributed by atoms with Crippen molar-refractivity contribution >= 4 is 28.5 Å². The van der Waals surface area contributed by atoms with Gasteiger partial charge in [0.1, 0.15) is 11.6 Å². The standard InChI is InChI=1S/C24H21FN4O4/c1-14-20(7-8-26-23(14)24(31)32)28-22(30)11-16-10-21-17(9-19(16)25)12-27-29(21)13-15-3-5-18(33-2)6-4-15/h3-10,12H,11,13H2,1-2H3,(H,31,32)(H,26,28,30). The first-order valence-electron chi connectivity index (χ1n) is 10.1. The van der Waals surface area contributed by atoms with E-state index in [0.717, 1.165) is 11.3 Å². The Morgan fingerprint density at radius 1 is 1.18 bits per heavy atom. The number of carbonyl (C=O) groups excluding carboxylic acids is 1. The number of aromatic carboxylic acids is 1. The van der Waals surface area contributed by atoms with Crippen LogP contribution < -0.4 is 10.1 Å². The van der Waals surface area contributed by atoms with E-state index in [0.29, 0.717) is 28.7 Å². The number of fused-ring (bicyclic) bond motifs is 1. The van der Waals surface area contributed by atoms with E-state index >= 15 is 0 Å². The molecule has 0 atom stereocenters. The van der Waals surface area contributed by atoms with Gasteiger partial charge in [0.05, 0.1) is 31.8 Å². The molecule has 0 fully saturated rings. The Hall–Kier alpha value is -4.27. The minimum Gasteiger partial charge on any atom is -0.497 e. The maximum atomic E-state index is 14.7. The van der Waals surface area contributed by atoms with Crippen LogP contribution in [-0.2, 0) is 17.8 Å². The number of carboxylic acids is 1. The van der Waals surface area contributed by atoms with Crippen molar-refractivity contribution in [2.24, 2.45) is 0 Å². The Balaban J connectivity index is 1.56. The number of halogens is 1. The highest BCUT2D eigenvalue weighted by atomic mass is 19.1. The van der Waals surface area contributed by atoms with Crippen LogP contribution in [0.4, 0.5) is 10.1 Å². The van der Waals surface area contributed by atoms with Crippen LogP contribution in [0.1, 0.15) is 27.2 Å². The number of hydrogen-bond donors (Lipinski definition) is 2. The van der Waals surface area contributed by atoms with E-state index in [-0.39, 0.29) is 17.7 Å². The summed E-state index contributed by atoms with van der Waals surface area (Å²) in [6, 6.07) is 12.0. The van der Waals surface area contributed by atoms with E-state index in [1.807, 2.05) is 24.3 Å². The molecule has 1 amide bonds. The van der Waals surface area contributed by atoms with Crippen LogP contribution in [0.25, 0.3) is 10.9 Å². The maximum Gasteiger partial charge on any atom is 0.354 e. The normalized spacial score (nSPS) is 10.9. The molecular formula is C24H21FN4O4. The Morgan fingerprint density at radius 2 is 1.94 bits per heavy atom. The number of pyridine rings is 1. The fourth-order valence-electron chi connectivity index (χ4n) is 3.56. The van der Waals surface area contributed by atoms with Gasteiger partial charge in [-0.2, -0.15) is 5.10 Å². The van der Waals surface area contributed by atoms with E-state index < -0.39 is 17.7 Å². The summed E-state index contributed by atoms with van der Waals surface area (Å²) in [5, 5.41) is 16.8. The van der Waals surface area contributed by atoms with Gasteiger partial charge in [0, 0.05) is 22.8 Å². The number of nitrogens with one attached hydrogen (secondary N) is 1. The van der Waals surface area contributed by atoms with E-state index in [1.54, 1.807) is 31.0 Å². The van der Waals surface area contributed by atoms with Gasteiger partial charge in [-0.05, 0) is 48.4 Å². The monoisotopic (exact) mass is 448 g/mol. The van der Waals surface area contributed by atoms with Crippen molar-refractivity contribution in [3.8, 4) is 5.75 Å². The van der Waals surface area contributed by atoms with Crippen LogP contribution in [0.3, 0.4) is 0 Å². The molecule has 0 aliphatic carbocycles. The van der Waals surface area contributed by atoms with Gasteiger partial charge in [0.15, 0.2) is 5.69 Å². The summed E-state index contributed by atoms with van der Waals surface area (Å²) >= 11 is 0. The predicted molar refractivity (Wildman–Crippen MR) is 120 cm³/mol. The highest BCUT2D eigenvalue weighted by Crippen LogP contribution is 2.22. The Labute approximate surface area is 188 Å². The smallest absolute Gasteiger partial charge is 0.354 e. The van der Waals surface area contributed by atoms with Crippen molar-refractivity contribution in [2.75, 3.05) is 12.4 Å². The Bertz CT molecular complexity index is 1350. The minimum absolute atomic E-state index is 0.150. The Morgan fingerprint density at radius 3 is 2.64 bits per heavy atom. The zero-order chi connectivity index (χ0) is 23.5. The number of anilines is 1. The third kappa shape index (κ3) is 4.67. The van der Waals surface area contributed by atoms with Crippen molar-refractivity contribution < 1.29 is 23.8 Å². The maximum absolute atomic E-state index is 14.7. The number of rotatable bonds is 7. The van der Waals surface area contributed by atoms with Crippen molar-refractivity contribution in [2.45, 2.75) is 19.9 Å². The molecule has 2 aromatic carbocycles. The van der Waals surface area contributed by atoms with Gasteiger partial charge in [-0.25, -0.2) is 14.2 Å². The third-order valence-corrected chi connectivity index (χ3v) is 5.33. The van der Waals surface area contributed by atoms with Gasteiger partial charge in [-0.3, -0.25) is 9.48 Å². The van der Waals surface area contributed by atoms with Gasteiger partial charge in [-0.1, -0.05) is 12.1 Å². The van der Waals surface area contributed by atoms with E-state index in [1.165, 1.54) is 18.3 Å². The zero-order valence-electron chi connectivity index (χ0n) is 18.0. The average molecular weight is 448 g/mol. The molecule has 8 nitrogen and oxygen atoms in total. The first kappa shape index (κ1) is 21.9. The molecule has 4 aromatic rings. The number of ether oxygens (including phenoxy) is 1. The lowest BCUT2D eigenvalue weighted by Crippen LogP contribution is -2.17. The largest absolute Gasteiger partial charge is 0.497 e. The lowest BCUT2D eigenvalue weighted by Gasteiger charge is -2.11. The van der Waals surface area contributed by atoms with Gasteiger partial charge in [0.25, 0.3) is 0 Å². The van der Waals surface area contributed by atoms with Crippen molar-refractivity contribution in [1.29, 1.82) is 0 Å². The van der Waals surface area contributed by atoms with E-state index in [2.05, 4.69) is 15.4 Å². The summed E-state index contributed by atoms with van der Waals surface area (Å²) in [7, 11) is 1.60. The second-order valence-electron chi connectivity index (χ2n) is 7.51. The second kappa shape index (κ2) is 9.07. The van der Waals surface area contributed by atoms with Gasteiger partial charge >= 0.3 is 5.97 Å². The number of hydrogen-bond acceptors (Lipinski definition) is 5. The van der Waals surface area contributed by atoms with Crippen molar-refractivity contribution in [3.05, 3.63) is 83.1 Å². The summed E-state index contributed by atoms with van der Waals surface area (Å²) in [6.07, 6.45) is 2.66. The van der Waals surface area contributed by atoms with Crippen molar-refractivity contribution in [1.82, 2.24) is 14.8 Å². The lowest BCUT2D eigenvalue weighted by atomic mass is 10.1. The van der Waals surface area contributed by atoms with E-state index in [4.69, 9.17) is 4.74 Å². The molecule has 2 aromatic heterocycles. The van der Waals surface area contributed by atoms with E-state index in [9.17, 15) is 19.1 Å². The number of methoxy groups -OCH3 is 1. The van der Waals surface area contributed by atoms with Gasteiger partial charge in [0.2, 0.25) is 5.91 Å². The number of benzene rings is 2. The molecule has 4 rings (SSSR count). The van der Waals surface area contributed by atoms with Crippen LogP contribution in [0, 0.1) is 12.7 Å². The molecule has 0 saturated carbocycles. The molecule has 0 unspecified atom stereocenters. The number of carbonyl (C=O) groups is 2. The molecule has 0 saturated heterocycles. The molecule has 0 radical (unpaired) electrons. The topological polar surface area (TPSA) is 106 Å². The summed E-state index contributed by atoms with van der Waals surface area (Å²) in [5.41, 5.74) is 2.39. The Kier molecular flexibility index (Phi) is 6.03. The molecule has 2 N–H and O–H groups in total. The highest BCUT2D eigenvalue weighted by Gasteiger charge is 2.16. The summed E-state index contributed by atoms with van der Waals surface area (Å²) in [5.74, 6) is -1.43. The summed E-state index contributed by atoms with van der Waals surface area (Å²) in [6.45, 7) is 2.02. The molecular weight excluding hydrogens is 427 g/mol. The zero-order valence-corrected chi connectivity index (χ0v) is 18.0. The predicted octanol–water partition coefficient (Wildman–Crippen LogP) is 3.82. The number of aromatic nitrogens is 3. The second-order valence-corrected chi connectivity index (χ2v) is 7.51. The number of nitrogens with zero attached hydrogens (tertiary/aromatic N) is 3. The lowest BCUT2D eigenvalue weighted by molar-refractivity contribution is -0.115. The molecule has 0 bridgehead atoms. The third-order valence-electron chi connectivity index (χ3n) is 5.33. The first-order chi connectivity index (χ1) is 15.9. The van der Waals surface area contributed by atoms with Crippen LogP contribution in [0.2, 0.25) is 0 Å². The molecule has 33 heavy (non-hydrogen) atoms. The highest BCUT2D eigenvalue weighted by molar-refractivity contribution is 5.96. The summed E-state index contributed by atoms with van der Waals surface area (Å²) in [4.78, 5) is 27.6. The molecule has 9 heteroatoms. The number of carboxylic acid groups (broad SMARTS) is 1. The molecule has 2 heterocycles. The van der Waals surface area contributed by atoms with Gasteiger partial charge in [-0.15, -0.1) is 0 Å². The first-order valence-corrected chi connectivity index (χ1v) is 10.1. The number of amides is 1. The molecule has 168 valence electrons. The van der Waals surface area contributed by atoms with Crippen LogP contribution in [0.15, 0.2) is 54.9 Å². The van der Waals surface area contributed by atoms with Crippen LogP contribution in [0.5, 0.6) is 5.75 Å². The fourth-order valence-corrected chi connectivity index (χ4v) is 3.56. The molecule has 0 aliphatic heterocycles. The summed E-state index contributed by atoms with van der Waals surface area (Å²) < 4.78 is 21.6. The fraction of sp³-hybridized carbons (Fsp3) is 0.167. The average Bonchev–Trinajstić information content (AvgIpc) is 3.17. The molecule has 0 aliphatic rings. The minimum atomic E-state index is -1.19. The van der Waals surface area contributed by atoms with Crippen LogP contribution in [-0.4, -0.2) is 38.9 Å². The quantitative estimate of drug-likeness (QED) is 0.445. The van der Waals surface area contributed by atoms with Gasteiger partial charge < -0.3 is 15.2 Å². The SMILES string of the molecule is COc1ccc(Cn2ncc3cc(F)c(CC(=O)Nc4ccnc(C(=O)O)c4C)cc32)cc1.